The van der Waals surface area contributed by atoms with E-state index >= 15 is 0 Å². The first-order chi connectivity index (χ1) is 7.15. The van der Waals surface area contributed by atoms with Crippen LogP contribution in [-0.4, -0.2) is 40.8 Å². The molecule has 0 bridgehead atoms. The molecule has 0 heterocycles. The fourth-order valence-corrected chi connectivity index (χ4v) is 1.19. The van der Waals surface area contributed by atoms with Gasteiger partial charge >= 0.3 is 29.5 Å². The largest absolute Gasteiger partial charge is 0.384 e. The van der Waals surface area contributed by atoms with Gasteiger partial charge in [-0.2, -0.15) is 35.1 Å². The van der Waals surface area contributed by atoms with Gasteiger partial charge in [0.05, 0.1) is 0 Å². The van der Waals surface area contributed by atoms with Crippen LogP contribution in [0.3, 0.4) is 0 Å². The van der Waals surface area contributed by atoms with Crippen molar-refractivity contribution >= 4 is 0 Å². The molecule has 1 aliphatic rings. The van der Waals surface area contributed by atoms with Crippen LogP contribution in [0.25, 0.3) is 0 Å². The van der Waals surface area contributed by atoms with Gasteiger partial charge in [0.1, 0.15) is 0 Å². The first kappa shape index (κ1) is 14.3. The minimum absolute atomic E-state index is 5.21. The van der Waals surface area contributed by atoms with Gasteiger partial charge in [0.25, 0.3) is 0 Å². The van der Waals surface area contributed by atoms with E-state index in [4.69, 9.17) is 5.11 Å². The van der Waals surface area contributed by atoms with Crippen LogP contribution in [-0.2, 0) is 0 Å². The highest BCUT2D eigenvalue weighted by Crippen LogP contribution is 2.64. The van der Waals surface area contributed by atoms with Gasteiger partial charge < -0.3 is 5.11 Å². The SMILES string of the molecule is OC1(F)C(F)C(F)(F)C(F)(F)C(F)(F)C1(F)F. The molecule has 0 saturated heterocycles. The Morgan fingerprint density at radius 2 is 1.00 bits per heavy atom. The molecule has 0 aromatic heterocycles. The molecule has 0 amide bonds. The van der Waals surface area contributed by atoms with E-state index in [1.807, 2.05) is 0 Å². The molecule has 0 radical (unpaired) electrons. The monoisotopic (exact) mass is 280 g/mol. The van der Waals surface area contributed by atoms with Gasteiger partial charge in [0, 0.05) is 0 Å². The Hall–Kier alpha value is -0.740. The normalized spacial score (nSPS) is 42.2. The third kappa shape index (κ3) is 1.20. The van der Waals surface area contributed by atoms with E-state index in [0.29, 0.717) is 0 Å². The van der Waals surface area contributed by atoms with Crippen LogP contribution in [0.15, 0.2) is 0 Å². The van der Waals surface area contributed by atoms with E-state index in [1.54, 1.807) is 0 Å². The molecular weight excluding hydrogens is 278 g/mol. The topological polar surface area (TPSA) is 20.2 Å². The number of hydrogen-bond donors (Lipinski definition) is 1. The molecule has 0 aromatic rings. The summed E-state index contributed by atoms with van der Waals surface area (Å²) < 4.78 is 124. The van der Waals surface area contributed by atoms with Crippen molar-refractivity contribution in [2.24, 2.45) is 0 Å². The van der Waals surface area contributed by atoms with Crippen LogP contribution in [0.1, 0.15) is 0 Å². The second kappa shape index (κ2) is 2.98. The van der Waals surface area contributed by atoms with Gasteiger partial charge in [-0.05, 0) is 0 Å². The average Bonchev–Trinajstić information content (AvgIpc) is 2.13. The molecule has 102 valence electrons. The second-order valence-electron chi connectivity index (χ2n) is 3.38. The molecule has 1 aliphatic carbocycles. The maximum Gasteiger partial charge on any atom is 0.384 e. The number of hydrogen-bond acceptors (Lipinski definition) is 1. The molecule has 0 aliphatic heterocycles. The Morgan fingerprint density at radius 1 is 0.647 bits per heavy atom. The lowest BCUT2D eigenvalue weighted by atomic mass is 9.80. The standard InChI is InChI=1S/C6H2F10O/c7-1-2(8,9)4(11,12)6(15,16)5(13,14)3(1,10)17/h1,17H. The van der Waals surface area contributed by atoms with Gasteiger partial charge in [-0.1, -0.05) is 0 Å². The van der Waals surface area contributed by atoms with Crippen LogP contribution >= 0.6 is 0 Å². The third-order valence-corrected chi connectivity index (χ3v) is 2.30. The van der Waals surface area contributed by atoms with Crippen molar-refractivity contribution in [3.63, 3.8) is 0 Å². The van der Waals surface area contributed by atoms with Crippen LogP contribution in [0, 0.1) is 0 Å². The van der Waals surface area contributed by atoms with E-state index in [9.17, 15) is 43.9 Å². The van der Waals surface area contributed by atoms with Gasteiger partial charge in [0.15, 0.2) is 0 Å². The van der Waals surface area contributed by atoms with Gasteiger partial charge in [-0.3, -0.25) is 0 Å². The van der Waals surface area contributed by atoms with Crippen LogP contribution in [0.5, 0.6) is 0 Å². The minimum atomic E-state index is -6.96. The molecule has 17 heavy (non-hydrogen) atoms. The van der Waals surface area contributed by atoms with Crippen molar-refractivity contribution < 1.29 is 49.0 Å². The molecule has 1 nitrogen and oxygen atoms in total. The fourth-order valence-electron chi connectivity index (χ4n) is 1.19. The van der Waals surface area contributed by atoms with Crippen molar-refractivity contribution in [2.45, 2.75) is 35.7 Å². The lowest BCUT2D eigenvalue weighted by Gasteiger charge is -2.47. The minimum Gasteiger partial charge on any atom is -0.355 e. The highest BCUT2D eigenvalue weighted by Gasteiger charge is 2.95. The molecule has 0 aromatic carbocycles. The van der Waals surface area contributed by atoms with Gasteiger partial charge in [0.2, 0.25) is 6.17 Å². The Balaban J connectivity index is 3.56. The number of alkyl halides is 10. The predicted octanol–water partition coefficient (Wildman–Crippen LogP) is 2.54. The Bertz CT molecular complexity index is 304. The van der Waals surface area contributed by atoms with E-state index in [1.165, 1.54) is 0 Å². The smallest absolute Gasteiger partial charge is 0.355 e. The first-order valence-electron chi connectivity index (χ1n) is 3.72. The van der Waals surface area contributed by atoms with Crippen molar-refractivity contribution in [1.82, 2.24) is 0 Å². The summed E-state index contributed by atoms with van der Waals surface area (Å²) >= 11 is 0. The average molecular weight is 280 g/mol. The fraction of sp³-hybridized carbons (Fsp3) is 1.00. The molecule has 1 N–H and O–H groups in total. The Labute approximate surface area is 86.0 Å². The van der Waals surface area contributed by atoms with Crippen molar-refractivity contribution in [1.29, 1.82) is 0 Å². The van der Waals surface area contributed by atoms with Crippen LogP contribution in [0.4, 0.5) is 43.9 Å². The zero-order chi connectivity index (χ0) is 14.1. The number of halogens is 10. The van der Waals surface area contributed by atoms with Crippen molar-refractivity contribution in [3.05, 3.63) is 0 Å². The van der Waals surface area contributed by atoms with E-state index in [0.717, 1.165) is 0 Å². The lowest BCUT2D eigenvalue weighted by Crippen LogP contribution is -2.79. The van der Waals surface area contributed by atoms with Crippen molar-refractivity contribution in [3.8, 4) is 0 Å². The van der Waals surface area contributed by atoms with Crippen LogP contribution < -0.4 is 0 Å². The molecule has 11 heteroatoms. The maximum atomic E-state index is 12.5. The second-order valence-corrected chi connectivity index (χ2v) is 3.38. The molecule has 1 saturated carbocycles. The summed E-state index contributed by atoms with van der Waals surface area (Å²) in [5.74, 6) is -33.2. The number of rotatable bonds is 0. The highest BCUT2D eigenvalue weighted by atomic mass is 19.4. The molecule has 1 fully saturated rings. The van der Waals surface area contributed by atoms with Crippen molar-refractivity contribution in [2.75, 3.05) is 0 Å². The summed E-state index contributed by atoms with van der Waals surface area (Å²) in [7, 11) is 0. The van der Waals surface area contributed by atoms with E-state index in [2.05, 4.69) is 0 Å². The third-order valence-electron chi connectivity index (χ3n) is 2.30. The summed E-state index contributed by atoms with van der Waals surface area (Å²) in [6, 6.07) is 0. The molecule has 0 spiro atoms. The molecular formula is C6H2F10O. The molecule has 1 rings (SSSR count). The summed E-state index contributed by atoms with van der Waals surface area (Å²) in [6.45, 7) is 0. The lowest BCUT2D eigenvalue weighted by molar-refractivity contribution is -0.474. The zero-order valence-corrected chi connectivity index (χ0v) is 7.30. The Kier molecular flexibility index (Phi) is 2.51. The summed E-state index contributed by atoms with van der Waals surface area (Å²) in [4.78, 5) is 0. The summed E-state index contributed by atoms with van der Waals surface area (Å²) in [5, 5.41) is 7.99. The number of aliphatic hydroxyl groups is 1. The highest BCUT2D eigenvalue weighted by molar-refractivity contribution is 5.19. The molecule has 2 unspecified atom stereocenters. The van der Waals surface area contributed by atoms with E-state index < -0.39 is 35.7 Å². The summed E-state index contributed by atoms with van der Waals surface area (Å²) in [5.41, 5.74) is 0. The predicted molar refractivity (Wildman–Crippen MR) is 30.7 cm³/mol. The quantitative estimate of drug-likeness (QED) is 0.676. The summed E-state index contributed by atoms with van der Waals surface area (Å²) in [6.07, 6.45) is -5.21. The van der Waals surface area contributed by atoms with Gasteiger partial charge in [-0.25, -0.2) is 8.78 Å². The zero-order valence-electron chi connectivity index (χ0n) is 7.30. The van der Waals surface area contributed by atoms with Crippen LogP contribution in [0.2, 0.25) is 0 Å². The molecule has 2 atom stereocenters. The van der Waals surface area contributed by atoms with Gasteiger partial charge in [-0.15, -0.1) is 0 Å². The Morgan fingerprint density at radius 3 is 1.35 bits per heavy atom. The first-order valence-corrected chi connectivity index (χ1v) is 3.72. The maximum absolute atomic E-state index is 12.5. The van der Waals surface area contributed by atoms with E-state index in [-0.39, 0.29) is 0 Å².